The summed E-state index contributed by atoms with van der Waals surface area (Å²) >= 11 is 6.63. The van der Waals surface area contributed by atoms with E-state index in [9.17, 15) is 8.42 Å². The second-order valence-corrected chi connectivity index (χ2v) is 8.77. The van der Waals surface area contributed by atoms with E-state index in [0.717, 1.165) is 19.3 Å². The smallest absolute Gasteiger partial charge is 0.245 e. The molecule has 0 aliphatic rings. The first-order valence-corrected chi connectivity index (χ1v) is 10.0. The van der Waals surface area contributed by atoms with Crippen LogP contribution in [0, 0.1) is 0 Å². The second-order valence-electron chi connectivity index (χ2n) is 5.23. The SMILES string of the molecule is CCCCCN(C(C)C)S(=O)(=O)c1c(Br)cc(N)cc1Br. The van der Waals surface area contributed by atoms with Crippen molar-refractivity contribution in [3.63, 3.8) is 0 Å². The van der Waals surface area contributed by atoms with E-state index in [1.807, 2.05) is 13.8 Å². The van der Waals surface area contributed by atoms with Gasteiger partial charge in [-0.1, -0.05) is 19.8 Å². The Morgan fingerprint density at radius 2 is 1.71 bits per heavy atom. The average Bonchev–Trinajstić information content (AvgIpc) is 2.31. The van der Waals surface area contributed by atoms with E-state index in [1.54, 1.807) is 16.4 Å². The van der Waals surface area contributed by atoms with Crippen molar-refractivity contribution in [1.82, 2.24) is 4.31 Å². The topological polar surface area (TPSA) is 63.4 Å². The van der Waals surface area contributed by atoms with Gasteiger partial charge in [0.2, 0.25) is 10.0 Å². The van der Waals surface area contributed by atoms with E-state index >= 15 is 0 Å². The highest BCUT2D eigenvalue weighted by Crippen LogP contribution is 2.35. The number of sulfonamides is 1. The van der Waals surface area contributed by atoms with Gasteiger partial charge in [-0.3, -0.25) is 0 Å². The first-order chi connectivity index (χ1) is 9.71. The summed E-state index contributed by atoms with van der Waals surface area (Å²) in [4.78, 5) is 0.238. The van der Waals surface area contributed by atoms with Crippen molar-refractivity contribution in [2.24, 2.45) is 0 Å². The van der Waals surface area contributed by atoms with Crippen LogP contribution in [0.1, 0.15) is 40.0 Å². The summed E-state index contributed by atoms with van der Waals surface area (Å²) in [5.74, 6) is 0. The molecule has 1 aromatic rings. The van der Waals surface area contributed by atoms with Crippen LogP contribution in [-0.4, -0.2) is 25.3 Å². The van der Waals surface area contributed by atoms with Gasteiger partial charge in [-0.15, -0.1) is 0 Å². The maximum atomic E-state index is 12.9. The van der Waals surface area contributed by atoms with E-state index in [1.165, 1.54) is 0 Å². The minimum atomic E-state index is -3.57. The van der Waals surface area contributed by atoms with Gasteiger partial charge in [-0.05, 0) is 64.3 Å². The molecule has 0 radical (unpaired) electrons. The van der Waals surface area contributed by atoms with Crippen LogP contribution in [-0.2, 0) is 10.0 Å². The number of anilines is 1. The quantitative estimate of drug-likeness (QED) is 0.504. The predicted molar refractivity (Wildman–Crippen MR) is 94.8 cm³/mol. The maximum Gasteiger partial charge on any atom is 0.245 e. The summed E-state index contributed by atoms with van der Waals surface area (Å²) in [5, 5.41) is 0. The number of nitrogens with two attached hydrogens (primary N) is 1. The summed E-state index contributed by atoms with van der Waals surface area (Å²) in [6.07, 6.45) is 2.93. The zero-order valence-corrected chi connectivity index (χ0v) is 16.6. The maximum absolute atomic E-state index is 12.9. The van der Waals surface area contributed by atoms with Crippen LogP contribution < -0.4 is 5.73 Å². The third kappa shape index (κ3) is 4.68. The highest BCUT2D eigenvalue weighted by atomic mass is 79.9. The van der Waals surface area contributed by atoms with E-state index in [2.05, 4.69) is 38.8 Å². The Labute approximate surface area is 144 Å². The van der Waals surface area contributed by atoms with Crippen molar-refractivity contribution < 1.29 is 8.42 Å². The highest BCUT2D eigenvalue weighted by molar-refractivity contribution is 9.11. The van der Waals surface area contributed by atoms with Gasteiger partial charge in [0.15, 0.2) is 0 Å². The van der Waals surface area contributed by atoms with Crippen molar-refractivity contribution in [2.45, 2.75) is 51.0 Å². The summed E-state index contributed by atoms with van der Waals surface area (Å²) in [7, 11) is -3.57. The standard InChI is InChI=1S/C14H22Br2N2O2S/c1-4-5-6-7-18(10(2)3)21(19,20)14-12(15)8-11(17)9-13(14)16/h8-10H,4-7,17H2,1-3H3. The Bertz CT molecular complexity index is 566. The van der Waals surface area contributed by atoms with Crippen LogP contribution in [0.3, 0.4) is 0 Å². The molecule has 21 heavy (non-hydrogen) atoms. The van der Waals surface area contributed by atoms with Crippen molar-refractivity contribution in [3.05, 3.63) is 21.1 Å². The Balaban J connectivity index is 3.23. The van der Waals surface area contributed by atoms with Crippen molar-refractivity contribution in [3.8, 4) is 0 Å². The molecule has 0 atom stereocenters. The lowest BCUT2D eigenvalue weighted by atomic mass is 10.2. The lowest BCUT2D eigenvalue weighted by Crippen LogP contribution is -2.38. The van der Waals surface area contributed by atoms with Crippen LogP contribution in [0.25, 0.3) is 0 Å². The number of halogens is 2. The van der Waals surface area contributed by atoms with Gasteiger partial charge >= 0.3 is 0 Å². The summed E-state index contributed by atoms with van der Waals surface area (Å²) < 4.78 is 28.4. The van der Waals surface area contributed by atoms with Crippen LogP contribution in [0.15, 0.2) is 26.0 Å². The molecular formula is C14H22Br2N2O2S. The lowest BCUT2D eigenvalue weighted by molar-refractivity contribution is 0.345. The molecule has 0 amide bonds. The Kier molecular flexibility index (Phi) is 7.16. The summed E-state index contributed by atoms with van der Waals surface area (Å²) in [6.45, 7) is 6.41. The van der Waals surface area contributed by atoms with E-state index < -0.39 is 10.0 Å². The molecule has 1 rings (SSSR count). The first-order valence-electron chi connectivity index (χ1n) is 6.98. The predicted octanol–water partition coefficient (Wildman–Crippen LogP) is 4.38. The molecule has 2 N–H and O–H groups in total. The third-order valence-electron chi connectivity index (χ3n) is 3.15. The largest absolute Gasteiger partial charge is 0.399 e. The Morgan fingerprint density at radius 1 is 1.19 bits per heavy atom. The normalized spacial score (nSPS) is 12.3. The highest BCUT2D eigenvalue weighted by Gasteiger charge is 2.30. The van der Waals surface area contributed by atoms with E-state index in [4.69, 9.17) is 5.73 Å². The first kappa shape index (κ1) is 18.9. The van der Waals surface area contributed by atoms with Gasteiger partial charge in [0.1, 0.15) is 4.90 Å². The fourth-order valence-corrected chi connectivity index (χ4v) is 6.34. The number of hydrogen-bond donors (Lipinski definition) is 1. The van der Waals surface area contributed by atoms with Crippen molar-refractivity contribution in [1.29, 1.82) is 0 Å². The van der Waals surface area contributed by atoms with Gasteiger partial charge in [-0.2, -0.15) is 4.31 Å². The molecule has 7 heteroatoms. The zero-order chi connectivity index (χ0) is 16.2. The molecule has 0 unspecified atom stereocenters. The fraction of sp³-hybridized carbons (Fsp3) is 0.571. The number of benzene rings is 1. The van der Waals surface area contributed by atoms with Crippen LogP contribution in [0.4, 0.5) is 5.69 Å². The summed E-state index contributed by atoms with van der Waals surface area (Å²) in [5.41, 5.74) is 6.25. The molecule has 0 heterocycles. The van der Waals surface area contributed by atoms with Crippen molar-refractivity contribution >= 4 is 47.6 Å². The number of unbranched alkanes of at least 4 members (excludes halogenated alkanes) is 2. The van der Waals surface area contributed by atoms with Crippen LogP contribution >= 0.6 is 31.9 Å². The molecule has 0 aromatic heterocycles. The second kappa shape index (κ2) is 7.94. The minimum absolute atomic E-state index is 0.0943. The number of hydrogen-bond acceptors (Lipinski definition) is 3. The fourth-order valence-electron chi connectivity index (χ4n) is 2.12. The summed E-state index contributed by atoms with van der Waals surface area (Å²) in [6, 6.07) is 3.13. The van der Waals surface area contributed by atoms with Gasteiger partial charge in [0.25, 0.3) is 0 Å². The number of nitrogens with zero attached hydrogens (tertiary/aromatic N) is 1. The minimum Gasteiger partial charge on any atom is -0.399 e. The molecule has 0 saturated heterocycles. The zero-order valence-electron chi connectivity index (χ0n) is 12.6. The number of nitrogen functional groups attached to an aromatic ring is 1. The van der Waals surface area contributed by atoms with Gasteiger partial charge in [0.05, 0.1) is 0 Å². The molecule has 0 spiro atoms. The van der Waals surface area contributed by atoms with Gasteiger partial charge < -0.3 is 5.73 Å². The van der Waals surface area contributed by atoms with Crippen molar-refractivity contribution in [2.75, 3.05) is 12.3 Å². The molecule has 1 aromatic carbocycles. The average molecular weight is 442 g/mol. The Hall–Kier alpha value is -0.110. The van der Waals surface area contributed by atoms with Crippen LogP contribution in [0.2, 0.25) is 0 Å². The molecule has 0 aliphatic carbocycles. The Morgan fingerprint density at radius 3 is 2.14 bits per heavy atom. The van der Waals surface area contributed by atoms with Gasteiger partial charge in [-0.25, -0.2) is 8.42 Å². The van der Waals surface area contributed by atoms with E-state index in [-0.39, 0.29) is 10.9 Å². The third-order valence-corrected chi connectivity index (χ3v) is 7.10. The molecular weight excluding hydrogens is 420 g/mol. The van der Waals surface area contributed by atoms with E-state index in [0.29, 0.717) is 21.2 Å². The molecule has 0 bridgehead atoms. The lowest BCUT2D eigenvalue weighted by Gasteiger charge is -2.27. The number of rotatable bonds is 7. The molecule has 120 valence electrons. The van der Waals surface area contributed by atoms with Crippen LogP contribution in [0.5, 0.6) is 0 Å². The monoisotopic (exact) mass is 440 g/mol. The van der Waals surface area contributed by atoms with Gasteiger partial charge in [0, 0.05) is 27.2 Å². The molecule has 0 fully saturated rings. The molecule has 0 aliphatic heterocycles. The molecule has 4 nitrogen and oxygen atoms in total. The molecule has 0 saturated carbocycles.